The predicted octanol–water partition coefficient (Wildman–Crippen LogP) is 2.15. The van der Waals surface area contributed by atoms with Crippen molar-refractivity contribution in [2.24, 2.45) is 0 Å². The van der Waals surface area contributed by atoms with Crippen LogP contribution in [0.5, 0.6) is 11.5 Å². The lowest BCUT2D eigenvalue weighted by molar-refractivity contribution is 0.235. The molecule has 5 nitrogen and oxygen atoms in total. The van der Waals surface area contributed by atoms with E-state index >= 15 is 0 Å². The van der Waals surface area contributed by atoms with Gasteiger partial charge in [0.05, 0.1) is 19.8 Å². The number of urea groups is 1. The number of amides is 2. The quantitative estimate of drug-likeness (QED) is 0.866. The van der Waals surface area contributed by atoms with Gasteiger partial charge in [-0.15, -0.1) is 0 Å². The lowest BCUT2D eigenvalue weighted by Crippen LogP contribution is -2.43. The van der Waals surface area contributed by atoms with Gasteiger partial charge in [-0.2, -0.15) is 0 Å². The fourth-order valence-electron chi connectivity index (χ4n) is 2.41. The molecule has 0 unspecified atom stereocenters. The van der Waals surface area contributed by atoms with E-state index in [4.69, 9.17) is 9.47 Å². The van der Waals surface area contributed by atoms with E-state index in [1.54, 1.807) is 14.2 Å². The van der Waals surface area contributed by atoms with Crippen LogP contribution in [0.1, 0.15) is 31.2 Å². The molecule has 0 aromatic heterocycles. The fraction of sp³-hybridized carbons (Fsp3) is 0.533. The van der Waals surface area contributed by atoms with Crippen LogP contribution in [0.3, 0.4) is 0 Å². The normalized spacial score (nSPS) is 19.1. The van der Waals surface area contributed by atoms with Crippen LogP contribution in [-0.4, -0.2) is 26.3 Å². The van der Waals surface area contributed by atoms with Crippen LogP contribution < -0.4 is 20.1 Å². The number of hydrogen-bond donors (Lipinski definition) is 2. The van der Waals surface area contributed by atoms with Gasteiger partial charge < -0.3 is 20.1 Å². The Hall–Kier alpha value is -1.91. The van der Waals surface area contributed by atoms with Gasteiger partial charge in [0, 0.05) is 6.04 Å². The number of hydrogen-bond acceptors (Lipinski definition) is 3. The Morgan fingerprint density at radius 2 is 1.90 bits per heavy atom. The number of carbonyl (C=O) groups is 1. The Bertz CT molecular complexity index is 522. The minimum absolute atomic E-state index is 0.0696. The van der Waals surface area contributed by atoms with Crippen LogP contribution in [0.15, 0.2) is 18.2 Å². The highest BCUT2D eigenvalue weighted by Gasteiger charge is 2.46. The van der Waals surface area contributed by atoms with Crippen molar-refractivity contribution in [1.29, 1.82) is 0 Å². The average molecular weight is 276 g/mol. The minimum Gasteiger partial charge on any atom is -0.493 e. The first-order valence-corrected chi connectivity index (χ1v) is 6.98. The summed E-state index contributed by atoms with van der Waals surface area (Å²) in [6, 6.07) is 6.12. The summed E-state index contributed by atoms with van der Waals surface area (Å²) in [7, 11) is 3.24. The van der Waals surface area contributed by atoms with Crippen LogP contribution in [-0.2, 0) is 5.54 Å². The van der Waals surface area contributed by atoms with Crippen molar-refractivity contribution in [3.8, 4) is 11.5 Å². The summed E-state index contributed by atoms with van der Waals surface area (Å²) in [5, 5.41) is 6.06. The first kappa shape index (κ1) is 13.1. The molecule has 3 rings (SSSR count). The zero-order chi connectivity index (χ0) is 14.2. The SMILES string of the molecule is COc1ccc(C2(NC(=O)NC3CC3)CC2)cc1OC. The Balaban J connectivity index is 1.75. The molecule has 0 radical (unpaired) electrons. The Morgan fingerprint density at radius 1 is 1.20 bits per heavy atom. The molecule has 2 amide bonds. The second-order valence-corrected chi connectivity index (χ2v) is 5.52. The Morgan fingerprint density at radius 3 is 2.45 bits per heavy atom. The summed E-state index contributed by atoms with van der Waals surface area (Å²) in [4.78, 5) is 11.9. The van der Waals surface area contributed by atoms with Crippen molar-refractivity contribution in [2.45, 2.75) is 37.3 Å². The zero-order valence-electron chi connectivity index (χ0n) is 11.9. The highest BCUT2D eigenvalue weighted by atomic mass is 16.5. The van der Waals surface area contributed by atoms with E-state index < -0.39 is 0 Å². The molecule has 20 heavy (non-hydrogen) atoms. The van der Waals surface area contributed by atoms with Gasteiger partial charge in [0.2, 0.25) is 0 Å². The van der Waals surface area contributed by atoms with Gasteiger partial charge in [0.25, 0.3) is 0 Å². The second-order valence-electron chi connectivity index (χ2n) is 5.52. The van der Waals surface area contributed by atoms with Crippen molar-refractivity contribution in [3.63, 3.8) is 0 Å². The molecule has 108 valence electrons. The standard InChI is InChI=1S/C15H20N2O3/c1-19-12-6-3-10(9-13(12)20-2)15(7-8-15)17-14(18)16-11-4-5-11/h3,6,9,11H,4-5,7-8H2,1-2H3,(H2,16,17,18). The number of methoxy groups -OCH3 is 2. The molecule has 2 aliphatic carbocycles. The molecule has 0 atom stereocenters. The molecule has 0 bridgehead atoms. The third-order valence-electron chi connectivity index (χ3n) is 3.95. The molecular weight excluding hydrogens is 256 g/mol. The second kappa shape index (κ2) is 4.89. The van der Waals surface area contributed by atoms with E-state index in [-0.39, 0.29) is 11.6 Å². The number of ether oxygens (including phenoxy) is 2. The van der Waals surface area contributed by atoms with E-state index in [9.17, 15) is 4.79 Å². The lowest BCUT2D eigenvalue weighted by Gasteiger charge is -2.20. The minimum atomic E-state index is -0.238. The van der Waals surface area contributed by atoms with Crippen LogP contribution >= 0.6 is 0 Å². The number of nitrogens with one attached hydrogen (secondary N) is 2. The van der Waals surface area contributed by atoms with Gasteiger partial charge in [-0.3, -0.25) is 0 Å². The molecule has 2 aliphatic rings. The maximum absolute atomic E-state index is 11.9. The van der Waals surface area contributed by atoms with Gasteiger partial charge in [0.1, 0.15) is 0 Å². The summed E-state index contributed by atoms with van der Waals surface area (Å²) in [6.07, 6.45) is 4.11. The first-order valence-electron chi connectivity index (χ1n) is 6.98. The summed E-state index contributed by atoms with van der Waals surface area (Å²) < 4.78 is 10.6. The van der Waals surface area contributed by atoms with Crippen LogP contribution in [0, 0.1) is 0 Å². The smallest absolute Gasteiger partial charge is 0.315 e. The van der Waals surface area contributed by atoms with Crippen LogP contribution in [0.2, 0.25) is 0 Å². The molecule has 2 N–H and O–H groups in total. The highest BCUT2D eigenvalue weighted by molar-refractivity contribution is 5.76. The molecule has 1 aromatic rings. The summed E-state index contributed by atoms with van der Waals surface area (Å²) >= 11 is 0. The average Bonchev–Trinajstić information content (AvgIpc) is 3.35. The molecular formula is C15H20N2O3. The lowest BCUT2D eigenvalue weighted by atomic mass is 10.0. The van der Waals surface area contributed by atoms with Gasteiger partial charge in [-0.05, 0) is 43.4 Å². The third kappa shape index (κ3) is 2.53. The summed E-state index contributed by atoms with van der Waals surface area (Å²) in [5.41, 5.74) is 0.833. The summed E-state index contributed by atoms with van der Waals surface area (Å²) in [6.45, 7) is 0. The highest BCUT2D eigenvalue weighted by Crippen LogP contribution is 2.47. The molecule has 1 aromatic carbocycles. The van der Waals surface area contributed by atoms with Crippen molar-refractivity contribution in [1.82, 2.24) is 10.6 Å². The molecule has 5 heteroatoms. The van der Waals surface area contributed by atoms with Crippen molar-refractivity contribution in [3.05, 3.63) is 23.8 Å². The maximum atomic E-state index is 11.9. The molecule has 0 aliphatic heterocycles. The van der Waals surface area contributed by atoms with E-state index in [2.05, 4.69) is 10.6 Å². The van der Waals surface area contributed by atoms with Gasteiger partial charge in [-0.25, -0.2) is 4.79 Å². The Kier molecular flexibility index (Phi) is 3.20. The Labute approximate surface area is 118 Å². The molecule has 2 saturated carbocycles. The topological polar surface area (TPSA) is 59.6 Å². The molecule has 0 spiro atoms. The van der Waals surface area contributed by atoms with Crippen molar-refractivity contribution >= 4 is 6.03 Å². The van der Waals surface area contributed by atoms with Gasteiger partial charge >= 0.3 is 6.03 Å². The number of rotatable bonds is 5. The number of carbonyl (C=O) groups excluding carboxylic acids is 1. The fourth-order valence-corrected chi connectivity index (χ4v) is 2.41. The summed E-state index contributed by atoms with van der Waals surface area (Å²) in [5.74, 6) is 1.40. The number of benzene rings is 1. The monoisotopic (exact) mass is 276 g/mol. The molecule has 0 heterocycles. The van der Waals surface area contributed by atoms with Crippen LogP contribution in [0.4, 0.5) is 4.79 Å². The van der Waals surface area contributed by atoms with E-state index in [1.807, 2.05) is 18.2 Å². The van der Waals surface area contributed by atoms with E-state index in [0.29, 0.717) is 17.5 Å². The van der Waals surface area contributed by atoms with E-state index in [0.717, 1.165) is 31.2 Å². The zero-order valence-corrected chi connectivity index (χ0v) is 11.9. The molecule has 2 fully saturated rings. The molecule has 0 saturated heterocycles. The maximum Gasteiger partial charge on any atom is 0.315 e. The first-order chi connectivity index (χ1) is 9.66. The van der Waals surface area contributed by atoms with Crippen molar-refractivity contribution in [2.75, 3.05) is 14.2 Å². The predicted molar refractivity (Wildman–Crippen MR) is 75.1 cm³/mol. The third-order valence-corrected chi connectivity index (χ3v) is 3.95. The van der Waals surface area contributed by atoms with Crippen LogP contribution in [0.25, 0.3) is 0 Å². The van der Waals surface area contributed by atoms with Crippen molar-refractivity contribution < 1.29 is 14.3 Å². The van der Waals surface area contributed by atoms with Gasteiger partial charge in [0.15, 0.2) is 11.5 Å². The largest absolute Gasteiger partial charge is 0.493 e. The van der Waals surface area contributed by atoms with E-state index in [1.165, 1.54) is 0 Å². The van der Waals surface area contributed by atoms with Gasteiger partial charge in [-0.1, -0.05) is 6.07 Å².